The second kappa shape index (κ2) is 14.1. The van der Waals surface area contributed by atoms with Gasteiger partial charge >= 0.3 is 5.97 Å². The van der Waals surface area contributed by atoms with Crippen LogP contribution in [0.1, 0.15) is 86.5 Å². The predicted molar refractivity (Wildman–Crippen MR) is 105 cm³/mol. The molecule has 0 radical (unpaired) electrons. The average Bonchev–Trinajstić information content (AvgIpc) is 2.46. The number of rotatable bonds is 12. The first-order valence-electron chi connectivity index (χ1n) is 9.39. The lowest BCUT2D eigenvalue weighted by atomic mass is 9.98. The zero-order valence-electron chi connectivity index (χ0n) is 16.8. The summed E-state index contributed by atoms with van der Waals surface area (Å²) in [5.41, 5.74) is 4.02. The minimum absolute atomic E-state index is 0.0696. The van der Waals surface area contributed by atoms with Crippen LogP contribution in [0.4, 0.5) is 0 Å². The maximum Gasteiger partial charge on any atom is 0.306 e. The summed E-state index contributed by atoms with van der Waals surface area (Å²) in [6.07, 6.45) is 13.6. The van der Waals surface area contributed by atoms with Gasteiger partial charge in [0.05, 0.1) is 0 Å². The SMILES string of the molecule is CC(C)=CCC/C(C)=C/COC(=O)CCCC(C)CCC=C(C)C. The number of hydrogen-bond donors (Lipinski definition) is 0. The van der Waals surface area contributed by atoms with Crippen molar-refractivity contribution in [2.75, 3.05) is 6.61 Å². The van der Waals surface area contributed by atoms with E-state index in [0.717, 1.165) is 32.1 Å². The molecule has 0 aromatic heterocycles. The van der Waals surface area contributed by atoms with Gasteiger partial charge in [-0.3, -0.25) is 4.79 Å². The molecule has 0 amide bonds. The smallest absolute Gasteiger partial charge is 0.306 e. The number of carbonyl (C=O) groups is 1. The standard InChI is InChI=1S/C22H38O2/c1-18(2)10-7-12-20(5)14-9-15-22(23)24-17-16-21(6)13-8-11-19(3)4/h10-11,16,20H,7-9,12-15,17H2,1-6H3/b21-16+. The highest BCUT2D eigenvalue weighted by molar-refractivity contribution is 5.69. The molecule has 0 heterocycles. The normalized spacial score (nSPS) is 12.5. The second-order valence-corrected chi connectivity index (χ2v) is 7.41. The Labute approximate surface area is 150 Å². The summed E-state index contributed by atoms with van der Waals surface area (Å²) in [4.78, 5) is 11.7. The van der Waals surface area contributed by atoms with E-state index in [1.807, 2.05) is 6.08 Å². The molecule has 24 heavy (non-hydrogen) atoms. The average molecular weight is 335 g/mol. The van der Waals surface area contributed by atoms with Crippen molar-refractivity contribution in [3.63, 3.8) is 0 Å². The fraction of sp³-hybridized carbons (Fsp3) is 0.682. The summed E-state index contributed by atoms with van der Waals surface area (Å²) in [6.45, 7) is 13.3. The Morgan fingerprint density at radius 2 is 1.50 bits per heavy atom. The van der Waals surface area contributed by atoms with E-state index < -0.39 is 0 Å². The third-order valence-corrected chi connectivity index (χ3v) is 4.06. The van der Waals surface area contributed by atoms with Gasteiger partial charge in [-0.05, 0) is 78.7 Å². The lowest BCUT2D eigenvalue weighted by Gasteiger charge is -2.09. The molecular formula is C22H38O2. The molecule has 0 N–H and O–H groups in total. The van der Waals surface area contributed by atoms with Gasteiger partial charge in [0.15, 0.2) is 0 Å². The lowest BCUT2D eigenvalue weighted by molar-refractivity contribution is -0.142. The monoisotopic (exact) mass is 334 g/mol. The molecule has 0 aliphatic rings. The highest BCUT2D eigenvalue weighted by Gasteiger charge is 2.05. The topological polar surface area (TPSA) is 26.3 Å². The van der Waals surface area contributed by atoms with E-state index in [9.17, 15) is 4.79 Å². The molecule has 2 nitrogen and oxygen atoms in total. The molecule has 0 rings (SSSR count). The van der Waals surface area contributed by atoms with Crippen molar-refractivity contribution in [2.45, 2.75) is 86.5 Å². The van der Waals surface area contributed by atoms with Crippen LogP contribution >= 0.6 is 0 Å². The van der Waals surface area contributed by atoms with Gasteiger partial charge in [0.1, 0.15) is 6.61 Å². The van der Waals surface area contributed by atoms with Crippen molar-refractivity contribution in [2.24, 2.45) is 5.92 Å². The maximum absolute atomic E-state index is 11.7. The lowest BCUT2D eigenvalue weighted by Crippen LogP contribution is -2.05. The van der Waals surface area contributed by atoms with Crippen molar-refractivity contribution in [3.8, 4) is 0 Å². The summed E-state index contributed by atoms with van der Waals surface area (Å²) >= 11 is 0. The molecular weight excluding hydrogens is 296 g/mol. The molecule has 2 heteroatoms. The van der Waals surface area contributed by atoms with Crippen LogP contribution in [0.15, 0.2) is 34.9 Å². The summed E-state index contributed by atoms with van der Waals surface area (Å²) in [6, 6.07) is 0. The highest BCUT2D eigenvalue weighted by Crippen LogP contribution is 2.15. The van der Waals surface area contributed by atoms with Gasteiger partial charge in [0.25, 0.3) is 0 Å². The van der Waals surface area contributed by atoms with E-state index in [4.69, 9.17) is 4.74 Å². The van der Waals surface area contributed by atoms with Crippen molar-refractivity contribution in [1.82, 2.24) is 0 Å². The van der Waals surface area contributed by atoms with Crippen LogP contribution < -0.4 is 0 Å². The summed E-state index contributed by atoms with van der Waals surface area (Å²) in [5.74, 6) is 0.602. The quantitative estimate of drug-likeness (QED) is 0.290. The number of hydrogen-bond acceptors (Lipinski definition) is 2. The van der Waals surface area contributed by atoms with Crippen LogP contribution in [0.25, 0.3) is 0 Å². The van der Waals surface area contributed by atoms with Gasteiger partial charge in [-0.15, -0.1) is 0 Å². The predicted octanol–water partition coefficient (Wildman–Crippen LogP) is 6.78. The molecule has 0 bridgehead atoms. The van der Waals surface area contributed by atoms with Gasteiger partial charge in [0, 0.05) is 6.42 Å². The van der Waals surface area contributed by atoms with Crippen LogP contribution in [0.3, 0.4) is 0 Å². The Bertz CT molecular complexity index is 433. The van der Waals surface area contributed by atoms with Crippen LogP contribution in [0, 0.1) is 5.92 Å². The van der Waals surface area contributed by atoms with E-state index in [2.05, 4.69) is 53.7 Å². The molecule has 138 valence electrons. The Balaban J connectivity index is 3.75. The Morgan fingerprint density at radius 3 is 2.12 bits per heavy atom. The molecule has 0 saturated carbocycles. The minimum atomic E-state index is -0.0696. The van der Waals surface area contributed by atoms with Crippen molar-refractivity contribution in [1.29, 1.82) is 0 Å². The molecule has 0 aromatic rings. The minimum Gasteiger partial charge on any atom is -0.461 e. The first kappa shape index (κ1) is 22.7. The van der Waals surface area contributed by atoms with E-state index >= 15 is 0 Å². The van der Waals surface area contributed by atoms with Crippen LogP contribution in [0.2, 0.25) is 0 Å². The Hall–Kier alpha value is -1.31. The van der Waals surface area contributed by atoms with Gasteiger partial charge in [-0.1, -0.05) is 42.2 Å². The Morgan fingerprint density at radius 1 is 0.875 bits per heavy atom. The summed E-state index contributed by atoms with van der Waals surface area (Å²) in [7, 11) is 0. The number of ether oxygens (including phenoxy) is 1. The maximum atomic E-state index is 11.7. The zero-order valence-corrected chi connectivity index (χ0v) is 16.8. The van der Waals surface area contributed by atoms with Crippen molar-refractivity contribution in [3.05, 3.63) is 34.9 Å². The van der Waals surface area contributed by atoms with Crippen LogP contribution in [-0.2, 0) is 9.53 Å². The van der Waals surface area contributed by atoms with Gasteiger partial charge < -0.3 is 4.74 Å². The van der Waals surface area contributed by atoms with E-state index in [1.54, 1.807) is 0 Å². The van der Waals surface area contributed by atoms with E-state index in [1.165, 1.54) is 23.1 Å². The van der Waals surface area contributed by atoms with E-state index in [-0.39, 0.29) is 5.97 Å². The molecule has 0 spiro atoms. The second-order valence-electron chi connectivity index (χ2n) is 7.41. The van der Waals surface area contributed by atoms with Gasteiger partial charge in [0.2, 0.25) is 0 Å². The number of allylic oxidation sites excluding steroid dienone is 5. The van der Waals surface area contributed by atoms with E-state index in [0.29, 0.717) is 18.9 Å². The largest absolute Gasteiger partial charge is 0.461 e. The third kappa shape index (κ3) is 15.6. The first-order valence-corrected chi connectivity index (χ1v) is 9.39. The van der Waals surface area contributed by atoms with Gasteiger partial charge in [-0.25, -0.2) is 0 Å². The fourth-order valence-electron chi connectivity index (χ4n) is 2.44. The van der Waals surface area contributed by atoms with Crippen molar-refractivity contribution >= 4 is 5.97 Å². The summed E-state index contributed by atoms with van der Waals surface area (Å²) in [5, 5.41) is 0. The molecule has 1 atom stereocenters. The summed E-state index contributed by atoms with van der Waals surface area (Å²) < 4.78 is 5.29. The zero-order chi connectivity index (χ0) is 18.4. The Kier molecular flexibility index (Phi) is 13.3. The number of esters is 1. The first-order chi connectivity index (χ1) is 11.3. The van der Waals surface area contributed by atoms with Crippen molar-refractivity contribution < 1.29 is 9.53 Å². The fourth-order valence-corrected chi connectivity index (χ4v) is 2.44. The molecule has 0 fully saturated rings. The molecule has 0 aromatic carbocycles. The highest BCUT2D eigenvalue weighted by atomic mass is 16.5. The van der Waals surface area contributed by atoms with Gasteiger partial charge in [-0.2, -0.15) is 0 Å². The number of carbonyl (C=O) groups excluding carboxylic acids is 1. The third-order valence-electron chi connectivity index (χ3n) is 4.06. The molecule has 0 aliphatic carbocycles. The molecule has 1 unspecified atom stereocenters. The molecule has 0 aliphatic heterocycles. The molecule has 0 saturated heterocycles. The van der Waals surface area contributed by atoms with Crippen LogP contribution in [-0.4, -0.2) is 12.6 Å². The van der Waals surface area contributed by atoms with Crippen LogP contribution in [0.5, 0.6) is 0 Å².